The van der Waals surface area contributed by atoms with Crippen molar-refractivity contribution in [1.29, 1.82) is 0 Å². The third kappa shape index (κ3) is 4.82. The van der Waals surface area contributed by atoms with Crippen LogP contribution in [0.3, 0.4) is 0 Å². The van der Waals surface area contributed by atoms with Gasteiger partial charge in [0.15, 0.2) is 0 Å². The molecule has 1 aliphatic heterocycles. The van der Waals surface area contributed by atoms with Crippen molar-refractivity contribution in [3.8, 4) is 0 Å². The molecule has 2 fully saturated rings. The number of benzene rings is 1. The Morgan fingerprint density at radius 3 is 2.43 bits per heavy atom. The number of thiazole rings is 1. The van der Waals surface area contributed by atoms with Gasteiger partial charge in [0.05, 0.1) is 22.3 Å². The number of carbonyl (C=O) groups is 2. The standard InChI is InChI=1S/C22H31N5O2S/c1-15(20(28)25-22(29)23-17-7-3-4-8-17)26-11-13-27(14-12-26)16(2)21-24-18-9-5-6-10-19(18)30-21/h5-6,9-10,15-17H,3-4,7-8,11-14H2,1-2H3,(H2,23,25,28,29)/t15-,16-/m0/s1. The SMILES string of the molecule is C[C@@H](C(=O)NC(=O)NC1CCCC1)N1CCN([C@@H](C)c2nc3ccccc3s2)CC1. The topological polar surface area (TPSA) is 77.6 Å². The van der Waals surface area contributed by atoms with Crippen molar-refractivity contribution in [3.63, 3.8) is 0 Å². The van der Waals surface area contributed by atoms with Crippen LogP contribution in [0.25, 0.3) is 10.2 Å². The fourth-order valence-corrected chi connectivity index (χ4v) is 5.46. The van der Waals surface area contributed by atoms with Crippen LogP contribution in [-0.4, -0.2) is 65.0 Å². The summed E-state index contributed by atoms with van der Waals surface area (Å²) < 4.78 is 1.22. The number of piperazine rings is 1. The zero-order chi connectivity index (χ0) is 21.1. The molecule has 162 valence electrons. The van der Waals surface area contributed by atoms with Crippen LogP contribution in [0.15, 0.2) is 24.3 Å². The second kappa shape index (κ2) is 9.41. The normalized spacial score (nSPS) is 20.9. The Hall–Kier alpha value is -2.03. The lowest BCUT2D eigenvalue weighted by Crippen LogP contribution is -2.56. The van der Waals surface area contributed by atoms with E-state index in [1.54, 1.807) is 11.3 Å². The number of urea groups is 1. The minimum absolute atomic E-state index is 0.209. The van der Waals surface area contributed by atoms with E-state index in [2.05, 4.69) is 39.5 Å². The van der Waals surface area contributed by atoms with Gasteiger partial charge >= 0.3 is 6.03 Å². The Bertz CT molecular complexity index is 854. The summed E-state index contributed by atoms with van der Waals surface area (Å²) in [5, 5.41) is 6.58. The molecule has 0 unspecified atom stereocenters. The fraction of sp³-hybridized carbons (Fsp3) is 0.591. The van der Waals surface area contributed by atoms with Crippen LogP contribution in [0.1, 0.15) is 50.6 Å². The minimum atomic E-state index is -0.359. The van der Waals surface area contributed by atoms with Gasteiger partial charge in [0.2, 0.25) is 5.91 Å². The molecule has 0 radical (unpaired) electrons. The van der Waals surface area contributed by atoms with Gasteiger partial charge in [-0.25, -0.2) is 9.78 Å². The third-order valence-electron chi connectivity index (χ3n) is 6.42. The molecule has 8 heteroatoms. The summed E-state index contributed by atoms with van der Waals surface area (Å²) in [6.07, 6.45) is 4.31. The molecule has 1 aromatic carbocycles. The van der Waals surface area contributed by atoms with E-state index >= 15 is 0 Å². The van der Waals surface area contributed by atoms with Gasteiger partial charge in [0, 0.05) is 32.2 Å². The number of carbonyl (C=O) groups excluding carboxylic acids is 2. The Balaban J connectivity index is 1.26. The number of para-hydroxylation sites is 1. The van der Waals surface area contributed by atoms with Crippen LogP contribution in [0.4, 0.5) is 4.79 Å². The van der Waals surface area contributed by atoms with Crippen molar-refractivity contribution in [2.75, 3.05) is 26.2 Å². The summed E-state index contributed by atoms with van der Waals surface area (Å²) in [5.74, 6) is -0.224. The molecule has 3 amide bonds. The Labute approximate surface area is 181 Å². The zero-order valence-electron chi connectivity index (χ0n) is 17.8. The van der Waals surface area contributed by atoms with Gasteiger partial charge < -0.3 is 5.32 Å². The zero-order valence-corrected chi connectivity index (χ0v) is 18.6. The molecule has 4 rings (SSSR count). The predicted octanol–water partition coefficient (Wildman–Crippen LogP) is 3.13. The lowest BCUT2D eigenvalue weighted by atomic mass is 10.2. The molecule has 1 aliphatic carbocycles. The summed E-state index contributed by atoms with van der Waals surface area (Å²) >= 11 is 1.76. The van der Waals surface area contributed by atoms with Gasteiger partial charge in [-0.3, -0.25) is 19.9 Å². The number of fused-ring (bicyclic) bond motifs is 1. The number of hydrogen-bond acceptors (Lipinski definition) is 6. The maximum atomic E-state index is 12.5. The van der Waals surface area contributed by atoms with E-state index in [1.807, 2.05) is 19.1 Å². The van der Waals surface area contributed by atoms with Crippen LogP contribution in [0.5, 0.6) is 0 Å². The maximum absolute atomic E-state index is 12.5. The molecule has 2 heterocycles. The first-order valence-electron chi connectivity index (χ1n) is 11.0. The quantitative estimate of drug-likeness (QED) is 0.764. The van der Waals surface area contributed by atoms with Gasteiger partial charge in [-0.2, -0.15) is 0 Å². The second-order valence-corrected chi connectivity index (χ2v) is 9.45. The van der Waals surface area contributed by atoms with Crippen LogP contribution >= 0.6 is 11.3 Å². The van der Waals surface area contributed by atoms with E-state index < -0.39 is 0 Å². The molecule has 0 spiro atoms. The molecule has 2 aliphatic rings. The van der Waals surface area contributed by atoms with Crippen molar-refractivity contribution in [2.24, 2.45) is 0 Å². The number of nitrogens with one attached hydrogen (secondary N) is 2. The number of aromatic nitrogens is 1. The fourth-order valence-electron chi connectivity index (χ4n) is 4.41. The highest BCUT2D eigenvalue weighted by Crippen LogP contribution is 2.30. The lowest BCUT2D eigenvalue weighted by molar-refractivity contribution is -0.125. The van der Waals surface area contributed by atoms with Crippen molar-refractivity contribution >= 4 is 33.5 Å². The second-order valence-electron chi connectivity index (χ2n) is 8.39. The highest BCUT2D eigenvalue weighted by molar-refractivity contribution is 7.18. The summed E-state index contributed by atoms with van der Waals surface area (Å²) in [6, 6.07) is 8.03. The summed E-state index contributed by atoms with van der Waals surface area (Å²) in [7, 11) is 0. The van der Waals surface area contributed by atoms with Gasteiger partial charge in [-0.1, -0.05) is 25.0 Å². The highest BCUT2D eigenvalue weighted by Gasteiger charge is 2.29. The molecule has 2 aromatic rings. The molecular formula is C22H31N5O2S. The van der Waals surface area contributed by atoms with Gasteiger partial charge in [0.1, 0.15) is 5.01 Å². The number of nitrogens with zero attached hydrogens (tertiary/aromatic N) is 3. The van der Waals surface area contributed by atoms with Gasteiger partial charge in [0.25, 0.3) is 0 Å². The first kappa shape index (κ1) is 21.2. The van der Waals surface area contributed by atoms with E-state index in [-0.39, 0.29) is 30.1 Å². The van der Waals surface area contributed by atoms with Gasteiger partial charge in [-0.05, 0) is 38.8 Å². The number of amides is 3. The summed E-state index contributed by atoms with van der Waals surface area (Å²) in [6.45, 7) is 7.44. The highest BCUT2D eigenvalue weighted by atomic mass is 32.1. The first-order valence-corrected chi connectivity index (χ1v) is 11.8. The Morgan fingerprint density at radius 1 is 1.07 bits per heavy atom. The maximum Gasteiger partial charge on any atom is 0.321 e. The van der Waals surface area contributed by atoms with Gasteiger partial charge in [-0.15, -0.1) is 11.3 Å². The van der Waals surface area contributed by atoms with Crippen molar-refractivity contribution in [1.82, 2.24) is 25.4 Å². The van der Waals surface area contributed by atoms with Crippen LogP contribution in [-0.2, 0) is 4.79 Å². The molecule has 1 aromatic heterocycles. The van der Waals surface area contributed by atoms with Crippen LogP contribution in [0.2, 0.25) is 0 Å². The summed E-state index contributed by atoms with van der Waals surface area (Å²) in [5.41, 5.74) is 1.06. The molecule has 1 saturated carbocycles. The molecule has 2 atom stereocenters. The van der Waals surface area contributed by atoms with Crippen molar-refractivity contribution < 1.29 is 9.59 Å². The number of imide groups is 1. The Morgan fingerprint density at radius 2 is 1.73 bits per heavy atom. The average molecular weight is 430 g/mol. The number of hydrogen-bond donors (Lipinski definition) is 2. The van der Waals surface area contributed by atoms with E-state index in [0.29, 0.717) is 0 Å². The largest absolute Gasteiger partial charge is 0.335 e. The minimum Gasteiger partial charge on any atom is -0.335 e. The molecular weight excluding hydrogens is 398 g/mol. The van der Waals surface area contributed by atoms with Crippen molar-refractivity contribution in [3.05, 3.63) is 29.3 Å². The van der Waals surface area contributed by atoms with Crippen molar-refractivity contribution in [2.45, 2.75) is 57.7 Å². The molecule has 1 saturated heterocycles. The monoisotopic (exact) mass is 429 g/mol. The molecule has 7 nitrogen and oxygen atoms in total. The molecule has 2 N–H and O–H groups in total. The Kier molecular flexibility index (Phi) is 6.65. The van der Waals surface area contributed by atoms with E-state index in [0.717, 1.165) is 62.4 Å². The molecule has 0 bridgehead atoms. The lowest BCUT2D eigenvalue weighted by Gasteiger charge is -2.39. The third-order valence-corrected chi connectivity index (χ3v) is 7.63. The predicted molar refractivity (Wildman–Crippen MR) is 120 cm³/mol. The van der Waals surface area contributed by atoms with E-state index in [1.165, 1.54) is 4.70 Å². The molecule has 30 heavy (non-hydrogen) atoms. The number of rotatable bonds is 5. The first-order chi connectivity index (χ1) is 14.5. The summed E-state index contributed by atoms with van der Waals surface area (Å²) in [4.78, 5) is 34.0. The van der Waals surface area contributed by atoms with E-state index in [4.69, 9.17) is 4.98 Å². The smallest absolute Gasteiger partial charge is 0.321 e. The van der Waals surface area contributed by atoms with Crippen LogP contribution in [0, 0.1) is 0 Å². The van der Waals surface area contributed by atoms with E-state index in [9.17, 15) is 9.59 Å². The van der Waals surface area contributed by atoms with Crippen LogP contribution < -0.4 is 10.6 Å². The average Bonchev–Trinajstić information content (AvgIpc) is 3.42.